The highest BCUT2D eigenvalue weighted by Gasteiger charge is 2.32. The lowest BCUT2D eigenvalue weighted by molar-refractivity contribution is 0.626. The Bertz CT molecular complexity index is 605. The summed E-state index contributed by atoms with van der Waals surface area (Å²) in [6.07, 6.45) is 2.47. The van der Waals surface area contributed by atoms with Crippen LogP contribution in [0, 0.1) is 18.7 Å². The summed E-state index contributed by atoms with van der Waals surface area (Å²) in [6, 6.07) is 13.1. The fourth-order valence-corrected chi connectivity index (χ4v) is 2.66. The molecule has 0 spiro atoms. The lowest BCUT2D eigenvalue weighted by Gasteiger charge is -2.21. The summed E-state index contributed by atoms with van der Waals surface area (Å²) >= 11 is 5.95. The Labute approximate surface area is 123 Å². The van der Waals surface area contributed by atoms with Crippen LogP contribution in [-0.4, -0.2) is 0 Å². The Balaban J connectivity index is 1.86. The number of benzene rings is 2. The molecule has 0 heterocycles. The summed E-state index contributed by atoms with van der Waals surface area (Å²) in [6.45, 7) is 1.93. The van der Waals surface area contributed by atoms with E-state index in [1.54, 1.807) is 6.07 Å². The molecule has 1 N–H and O–H groups in total. The Morgan fingerprint density at radius 3 is 2.45 bits per heavy atom. The van der Waals surface area contributed by atoms with Gasteiger partial charge in [0.1, 0.15) is 5.82 Å². The van der Waals surface area contributed by atoms with Crippen LogP contribution in [0.5, 0.6) is 0 Å². The van der Waals surface area contributed by atoms with Crippen LogP contribution in [0.15, 0.2) is 42.5 Å². The first-order valence-corrected chi connectivity index (χ1v) is 7.29. The van der Waals surface area contributed by atoms with E-state index < -0.39 is 0 Å². The minimum Gasteiger partial charge on any atom is -0.378 e. The van der Waals surface area contributed by atoms with Gasteiger partial charge in [0.25, 0.3) is 0 Å². The third kappa shape index (κ3) is 2.96. The highest BCUT2D eigenvalue weighted by Crippen LogP contribution is 2.43. The highest BCUT2D eigenvalue weighted by molar-refractivity contribution is 6.30. The molecule has 1 aliphatic carbocycles. The molecule has 0 radical (unpaired) electrons. The van der Waals surface area contributed by atoms with Gasteiger partial charge in [-0.05, 0) is 67.1 Å². The van der Waals surface area contributed by atoms with Gasteiger partial charge in [-0.1, -0.05) is 23.7 Å². The molecule has 0 saturated heterocycles. The van der Waals surface area contributed by atoms with E-state index in [0.29, 0.717) is 5.92 Å². The molecule has 1 aliphatic rings. The zero-order valence-electron chi connectivity index (χ0n) is 11.4. The number of aryl methyl sites for hydroxylation is 1. The molecule has 3 rings (SSSR count). The van der Waals surface area contributed by atoms with Crippen molar-refractivity contribution in [1.29, 1.82) is 0 Å². The van der Waals surface area contributed by atoms with Crippen LogP contribution in [0.2, 0.25) is 5.02 Å². The molecule has 3 heteroatoms. The molecule has 0 bridgehead atoms. The molecule has 104 valence electrons. The summed E-state index contributed by atoms with van der Waals surface area (Å²) < 4.78 is 13.2. The van der Waals surface area contributed by atoms with Gasteiger partial charge in [0.2, 0.25) is 0 Å². The Kier molecular flexibility index (Phi) is 3.66. The Morgan fingerprint density at radius 2 is 1.85 bits per heavy atom. The number of hydrogen-bond acceptors (Lipinski definition) is 1. The quantitative estimate of drug-likeness (QED) is 0.800. The van der Waals surface area contributed by atoms with E-state index in [0.717, 1.165) is 16.3 Å². The molecule has 0 amide bonds. The van der Waals surface area contributed by atoms with Gasteiger partial charge < -0.3 is 5.32 Å². The summed E-state index contributed by atoms with van der Waals surface area (Å²) in [5.41, 5.74) is 3.17. The van der Waals surface area contributed by atoms with Crippen molar-refractivity contribution in [3.05, 3.63) is 64.4 Å². The largest absolute Gasteiger partial charge is 0.378 e. The highest BCUT2D eigenvalue weighted by atomic mass is 35.5. The van der Waals surface area contributed by atoms with E-state index in [9.17, 15) is 4.39 Å². The molecule has 1 fully saturated rings. The molecule has 1 nitrogen and oxygen atoms in total. The second-order valence-corrected chi connectivity index (χ2v) is 5.91. The fourth-order valence-electron chi connectivity index (χ4n) is 2.53. The van der Waals surface area contributed by atoms with Gasteiger partial charge in [0.05, 0.1) is 6.04 Å². The van der Waals surface area contributed by atoms with Gasteiger partial charge in [-0.3, -0.25) is 0 Å². The summed E-state index contributed by atoms with van der Waals surface area (Å²) in [5, 5.41) is 4.31. The van der Waals surface area contributed by atoms with Gasteiger partial charge in [0, 0.05) is 10.7 Å². The number of hydrogen-bond donors (Lipinski definition) is 1. The van der Waals surface area contributed by atoms with Gasteiger partial charge in [-0.25, -0.2) is 4.39 Å². The smallest absolute Gasteiger partial charge is 0.123 e. The standard InChI is InChI=1S/C17H17ClFN/c1-11-10-15(19)8-9-16(11)20-17(12-2-3-12)13-4-6-14(18)7-5-13/h4-10,12,17,20H,2-3H2,1H3. The van der Waals surface area contributed by atoms with Crippen molar-refractivity contribution in [1.82, 2.24) is 0 Å². The van der Waals surface area contributed by atoms with E-state index in [2.05, 4.69) is 17.4 Å². The van der Waals surface area contributed by atoms with Gasteiger partial charge >= 0.3 is 0 Å². The van der Waals surface area contributed by atoms with Gasteiger partial charge in [0.15, 0.2) is 0 Å². The van der Waals surface area contributed by atoms with Crippen LogP contribution < -0.4 is 5.32 Å². The van der Waals surface area contributed by atoms with Crippen LogP contribution >= 0.6 is 11.6 Å². The molecule has 1 saturated carbocycles. The van der Waals surface area contributed by atoms with Crippen LogP contribution in [0.4, 0.5) is 10.1 Å². The lowest BCUT2D eigenvalue weighted by atomic mass is 10.0. The molecule has 2 aromatic rings. The summed E-state index contributed by atoms with van der Waals surface area (Å²) in [5.74, 6) is 0.461. The van der Waals surface area contributed by atoms with Crippen molar-refractivity contribution in [3.8, 4) is 0 Å². The first-order valence-electron chi connectivity index (χ1n) is 6.91. The van der Waals surface area contributed by atoms with E-state index in [1.807, 2.05) is 25.1 Å². The molecular formula is C17H17ClFN. The first-order chi connectivity index (χ1) is 9.63. The zero-order valence-corrected chi connectivity index (χ0v) is 12.1. The molecule has 0 aromatic heterocycles. The zero-order chi connectivity index (χ0) is 14.1. The van der Waals surface area contributed by atoms with Crippen LogP contribution in [0.3, 0.4) is 0 Å². The van der Waals surface area contributed by atoms with Crippen LogP contribution in [0.25, 0.3) is 0 Å². The van der Waals surface area contributed by atoms with Crippen LogP contribution in [-0.2, 0) is 0 Å². The van der Waals surface area contributed by atoms with Crippen LogP contribution in [0.1, 0.15) is 30.0 Å². The van der Waals surface area contributed by atoms with E-state index in [-0.39, 0.29) is 11.9 Å². The van der Waals surface area contributed by atoms with Crippen molar-refractivity contribution in [2.45, 2.75) is 25.8 Å². The normalized spacial score (nSPS) is 15.9. The second-order valence-electron chi connectivity index (χ2n) is 5.47. The molecule has 20 heavy (non-hydrogen) atoms. The molecular weight excluding hydrogens is 273 g/mol. The summed E-state index contributed by atoms with van der Waals surface area (Å²) in [4.78, 5) is 0. The monoisotopic (exact) mass is 289 g/mol. The number of nitrogens with one attached hydrogen (secondary N) is 1. The van der Waals surface area contributed by atoms with Crippen molar-refractivity contribution < 1.29 is 4.39 Å². The number of anilines is 1. The topological polar surface area (TPSA) is 12.0 Å². The lowest BCUT2D eigenvalue weighted by Crippen LogP contribution is -2.13. The van der Waals surface area contributed by atoms with Gasteiger partial charge in [-0.15, -0.1) is 0 Å². The Morgan fingerprint density at radius 1 is 1.15 bits per heavy atom. The van der Waals surface area contributed by atoms with Crippen molar-refractivity contribution >= 4 is 17.3 Å². The van der Waals surface area contributed by atoms with Crippen molar-refractivity contribution in [3.63, 3.8) is 0 Å². The SMILES string of the molecule is Cc1cc(F)ccc1NC(c1ccc(Cl)cc1)C1CC1. The van der Waals surface area contributed by atoms with E-state index >= 15 is 0 Å². The first kappa shape index (κ1) is 13.4. The maximum atomic E-state index is 13.2. The Hall–Kier alpha value is -1.54. The molecule has 1 unspecified atom stereocenters. The van der Waals surface area contributed by atoms with Gasteiger partial charge in [-0.2, -0.15) is 0 Å². The third-order valence-electron chi connectivity index (χ3n) is 3.82. The second kappa shape index (κ2) is 5.45. The average molecular weight is 290 g/mol. The van der Waals surface area contributed by atoms with E-state index in [1.165, 1.54) is 24.5 Å². The summed E-state index contributed by atoms with van der Waals surface area (Å²) in [7, 11) is 0. The van der Waals surface area contributed by atoms with Crippen molar-refractivity contribution in [2.75, 3.05) is 5.32 Å². The molecule has 0 aliphatic heterocycles. The number of rotatable bonds is 4. The predicted octanol–water partition coefficient (Wildman–Crippen LogP) is 5.35. The fraction of sp³-hybridized carbons (Fsp3) is 0.294. The minimum absolute atomic E-state index is 0.192. The molecule has 2 aromatic carbocycles. The third-order valence-corrected chi connectivity index (χ3v) is 4.07. The number of halogens is 2. The predicted molar refractivity (Wildman–Crippen MR) is 81.7 cm³/mol. The maximum Gasteiger partial charge on any atom is 0.123 e. The average Bonchev–Trinajstić information content (AvgIpc) is 3.24. The maximum absolute atomic E-state index is 13.2. The van der Waals surface area contributed by atoms with E-state index in [4.69, 9.17) is 11.6 Å². The minimum atomic E-state index is -0.192. The molecule has 1 atom stereocenters. The van der Waals surface area contributed by atoms with Crippen molar-refractivity contribution in [2.24, 2.45) is 5.92 Å².